The lowest BCUT2D eigenvalue weighted by Crippen LogP contribution is -2.10. The molecule has 3 N–H and O–H groups in total. The lowest BCUT2D eigenvalue weighted by Gasteiger charge is -2.08. The second kappa shape index (κ2) is 5.69. The van der Waals surface area contributed by atoms with Crippen LogP contribution in [-0.4, -0.2) is 5.84 Å². The van der Waals surface area contributed by atoms with Crippen LogP contribution in [0.1, 0.15) is 11.1 Å². The van der Waals surface area contributed by atoms with E-state index in [0.717, 1.165) is 10.0 Å². The van der Waals surface area contributed by atoms with Crippen molar-refractivity contribution in [2.75, 3.05) is 0 Å². The third kappa shape index (κ3) is 3.34. The molecule has 2 aromatic rings. The first-order chi connectivity index (χ1) is 8.65. The van der Waals surface area contributed by atoms with Crippen LogP contribution in [0.15, 0.2) is 53.0 Å². The lowest BCUT2D eigenvalue weighted by atomic mass is 10.2. The molecule has 0 aromatic heterocycles. The van der Waals surface area contributed by atoms with E-state index in [2.05, 4.69) is 15.9 Å². The highest BCUT2D eigenvalue weighted by Crippen LogP contribution is 2.17. The van der Waals surface area contributed by atoms with Gasteiger partial charge in [0, 0.05) is 10.0 Å². The molecule has 0 heterocycles. The van der Waals surface area contributed by atoms with Gasteiger partial charge in [0.25, 0.3) is 0 Å². The van der Waals surface area contributed by atoms with Gasteiger partial charge in [-0.1, -0.05) is 40.2 Å². The minimum Gasteiger partial charge on any atom is -0.489 e. The zero-order chi connectivity index (χ0) is 13.0. The van der Waals surface area contributed by atoms with Crippen LogP contribution in [0.3, 0.4) is 0 Å². The van der Waals surface area contributed by atoms with Gasteiger partial charge in [-0.05, 0) is 29.8 Å². The van der Waals surface area contributed by atoms with Crippen molar-refractivity contribution < 1.29 is 4.74 Å². The second-order valence-corrected chi connectivity index (χ2v) is 4.78. The Bertz CT molecular complexity index is 569. The van der Waals surface area contributed by atoms with Crippen molar-refractivity contribution in [2.45, 2.75) is 6.61 Å². The number of hydrogen-bond acceptors (Lipinski definition) is 2. The normalized spacial score (nSPS) is 10.1. The first kappa shape index (κ1) is 12.6. The molecule has 0 saturated carbocycles. The standard InChI is InChI=1S/C14H13BrN2O/c15-12-5-1-3-10(7-12)9-18-13-6-2-4-11(8-13)14(16)17/h1-8H,9H2,(H3,16,17). The van der Waals surface area contributed by atoms with Crippen LogP contribution in [-0.2, 0) is 6.61 Å². The van der Waals surface area contributed by atoms with Gasteiger partial charge in [-0.2, -0.15) is 0 Å². The molecule has 0 unspecified atom stereocenters. The van der Waals surface area contributed by atoms with Crippen molar-refractivity contribution in [1.82, 2.24) is 0 Å². The summed E-state index contributed by atoms with van der Waals surface area (Å²) >= 11 is 3.42. The zero-order valence-electron chi connectivity index (χ0n) is 9.69. The van der Waals surface area contributed by atoms with Crippen molar-refractivity contribution >= 4 is 21.8 Å². The molecule has 3 nitrogen and oxygen atoms in total. The number of ether oxygens (including phenoxy) is 1. The average molecular weight is 305 g/mol. The van der Waals surface area contributed by atoms with Crippen LogP contribution in [0, 0.1) is 5.41 Å². The molecule has 18 heavy (non-hydrogen) atoms. The molecule has 0 amide bonds. The summed E-state index contributed by atoms with van der Waals surface area (Å²) in [5, 5.41) is 7.37. The number of nitrogens with two attached hydrogens (primary N) is 1. The predicted octanol–water partition coefficient (Wildman–Crippen LogP) is 3.31. The Morgan fingerprint density at radius 2 is 1.94 bits per heavy atom. The van der Waals surface area contributed by atoms with Gasteiger partial charge >= 0.3 is 0 Å². The topological polar surface area (TPSA) is 59.1 Å². The maximum Gasteiger partial charge on any atom is 0.122 e. The molecule has 0 bridgehead atoms. The van der Waals surface area contributed by atoms with Gasteiger partial charge in [-0.15, -0.1) is 0 Å². The molecule has 2 rings (SSSR count). The van der Waals surface area contributed by atoms with Crippen molar-refractivity contribution in [1.29, 1.82) is 5.41 Å². The van der Waals surface area contributed by atoms with Crippen molar-refractivity contribution in [3.63, 3.8) is 0 Å². The van der Waals surface area contributed by atoms with Crippen LogP contribution < -0.4 is 10.5 Å². The molecule has 0 spiro atoms. The molecular weight excluding hydrogens is 292 g/mol. The molecule has 0 aliphatic carbocycles. The maximum absolute atomic E-state index is 7.37. The smallest absolute Gasteiger partial charge is 0.122 e. The summed E-state index contributed by atoms with van der Waals surface area (Å²) in [5.41, 5.74) is 7.18. The highest BCUT2D eigenvalue weighted by Gasteiger charge is 2.00. The number of hydrogen-bond donors (Lipinski definition) is 2. The van der Waals surface area contributed by atoms with E-state index in [1.807, 2.05) is 36.4 Å². The Hall–Kier alpha value is -1.81. The minimum atomic E-state index is 0.0444. The van der Waals surface area contributed by atoms with Gasteiger partial charge < -0.3 is 10.5 Å². The zero-order valence-corrected chi connectivity index (χ0v) is 11.3. The summed E-state index contributed by atoms with van der Waals surface area (Å²) < 4.78 is 6.69. The van der Waals surface area contributed by atoms with Gasteiger partial charge in [0.05, 0.1) is 0 Å². The van der Waals surface area contributed by atoms with Gasteiger partial charge in [0.1, 0.15) is 18.2 Å². The van der Waals surface area contributed by atoms with E-state index in [9.17, 15) is 0 Å². The van der Waals surface area contributed by atoms with Crippen LogP contribution in [0.5, 0.6) is 5.75 Å². The summed E-state index contributed by atoms with van der Waals surface area (Å²) in [7, 11) is 0. The Labute approximate surface area is 114 Å². The first-order valence-corrected chi connectivity index (χ1v) is 6.26. The number of amidine groups is 1. The Morgan fingerprint density at radius 1 is 1.17 bits per heavy atom. The molecule has 92 valence electrons. The van der Waals surface area contributed by atoms with E-state index in [0.29, 0.717) is 17.9 Å². The van der Waals surface area contributed by atoms with E-state index in [1.54, 1.807) is 12.1 Å². The fraction of sp³-hybridized carbons (Fsp3) is 0.0714. The average Bonchev–Trinajstić information content (AvgIpc) is 2.37. The summed E-state index contributed by atoms with van der Waals surface area (Å²) in [6.45, 7) is 0.487. The highest BCUT2D eigenvalue weighted by atomic mass is 79.9. The molecule has 0 fully saturated rings. The van der Waals surface area contributed by atoms with Crippen molar-refractivity contribution in [2.24, 2.45) is 5.73 Å². The number of nitrogen functional groups attached to an aromatic ring is 1. The van der Waals surface area contributed by atoms with E-state index >= 15 is 0 Å². The van der Waals surface area contributed by atoms with E-state index in [-0.39, 0.29) is 5.84 Å². The summed E-state index contributed by atoms with van der Waals surface area (Å²) in [6, 6.07) is 15.2. The third-order valence-corrected chi connectivity index (χ3v) is 2.93. The molecule has 0 aliphatic rings. The largest absolute Gasteiger partial charge is 0.489 e. The molecule has 0 radical (unpaired) electrons. The molecular formula is C14H13BrN2O. The van der Waals surface area contributed by atoms with Gasteiger partial charge in [0.15, 0.2) is 0 Å². The predicted molar refractivity (Wildman–Crippen MR) is 75.9 cm³/mol. The Balaban J connectivity index is 2.06. The Kier molecular flexibility index (Phi) is 3.99. The first-order valence-electron chi connectivity index (χ1n) is 5.47. The van der Waals surface area contributed by atoms with E-state index in [4.69, 9.17) is 15.9 Å². The summed E-state index contributed by atoms with van der Waals surface area (Å²) in [6.07, 6.45) is 0. The van der Waals surface area contributed by atoms with Gasteiger partial charge in [-0.25, -0.2) is 0 Å². The highest BCUT2D eigenvalue weighted by molar-refractivity contribution is 9.10. The fourth-order valence-electron chi connectivity index (χ4n) is 1.55. The summed E-state index contributed by atoms with van der Waals surface area (Å²) in [4.78, 5) is 0. The van der Waals surface area contributed by atoms with E-state index < -0.39 is 0 Å². The lowest BCUT2D eigenvalue weighted by molar-refractivity contribution is 0.306. The molecule has 0 saturated heterocycles. The van der Waals surface area contributed by atoms with Gasteiger partial charge in [-0.3, -0.25) is 5.41 Å². The third-order valence-electron chi connectivity index (χ3n) is 2.44. The monoisotopic (exact) mass is 304 g/mol. The number of halogens is 1. The maximum atomic E-state index is 7.37. The quantitative estimate of drug-likeness (QED) is 0.672. The molecule has 2 aromatic carbocycles. The molecule has 0 aliphatic heterocycles. The van der Waals surface area contributed by atoms with Gasteiger partial charge in [0.2, 0.25) is 0 Å². The number of nitrogens with one attached hydrogen (secondary N) is 1. The summed E-state index contributed by atoms with van der Waals surface area (Å²) in [5.74, 6) is 0.755. The number of rotatable bonds is 4. The SMILES string of the molecule is N=C(N)c1cccc(OCc2cccc(Br)c2)c1. The van der Waals surface area contributed by atoms with Crippen LogP contribution in [0.25, 0.3) is 0 Å². The minimum absolute atomic E-state index is 0.0444. The Morgan fingerprint density at radius 3 is 2.67 bits per heavy atom. The van der Waals surface area contributed by atoms with Crippen molar-refractivity contribution in [3.05, 3.63) is 64.1 Å². The number of benzene rings is 2. The fourth-order valence-corrected chi connectivity index (χ4v) is 1.99. The second-order valence-electron chi connectivity index (χ2n) is 3.86. The molecule has 0 atom stereocenters. The van der Waals surface area contributed by atoms with E-state index in [1.165, 1.54) is 0 Å². The van der Waals surface area contributed by atoms with Crippen LogP contribution >= 0.6 is 15.9 Å². The van der Waals surface area contributed by atoms with Crippen LogP contribution in [0.4, 0.5) is 0 Å². The van der Waals surface area contributed by atoms with Crippen LogP contribution in [0.2, 0.25) is 0 Å². The molecule has 4 heteroatoms. The van der Waals surface area contributed by atoms with Crippen molar-refractivity contribution in [3.8, 4) is 5.75 Å².